The summed E-state index contributed by atoms with van der Waals surface area (Å²) in [6.07, 6.45) is 6.82. The third-order valence-electron chi connectivity index (χ3n) is 5.28. The van der Waals surface area contributed by atoms with Crippen LogP contribution in [0.2, 0.25) is 0 Å². The number of carbonyl (C=O) groups excluding carboxylic acids is 1. The zero-order chi connectivity index (χ0) is 21.6. The first-order valence-corrected chi connectivity index (χ1v) is 10.3. The number of hydrogen-bond donors (Lipinski definition) is 3. The van der Waals surface area contributed by atoms with Crippen molar-refractivity contribution in [1.82, 2.24) is 20.3 Å². The Balaban J connectivity index is 1.46. The third kappa shape index (κ3) is 5.18. The number of nitrogens with zero attached hydrogens (tertiary/aromatic N) is 4. The lowest BCUT2D eigenvalue weighted by molar-refractivity contribution is 0.102. The minimum absolute atomic E-state index is 0.00384. The second kappa shape index (κ2) is 9.57. The van der Waals surface area contributed by atoms with Crippen molar-refractivity contribution < 1.29 is 4.79 Å². The molecule has 0 spiro atoms. The average molecular weight is 413 g/mol. The van der Waals surface area contributed by atoms with E-state index in [9.17, 15) is 4.79 Å². The molecule has 0 saturated carbocycles. The summed E-state index contributed by atoms with van der Waals surface area (Å²) in [5.41, 5.74) is 8.70. The van der Waals surface area contributed by atoms with Crippen molar-refractivity contribution in [1.29, 1.82) is 0 Å². The lowest BCUT2D eigenvalue weighted by atomic mass is 10.0. The van der Waals surface area contributed by atoms with Crippen LogP contribution < -0.4 is 26.9 Å². The van der Waals surface area contributed by atoms with Crippen molar-refractivity contribution >= 4 is 36.5 Å². The first-order chi connectivity index (χ1) is 15.1. The van der Waals surface area contributed by atoms with Gasteiger partial charge in [0.15, 0.2) is 11.5 Å². The molecule has 1 unspecified atom stereocenters. The van der Waals surface area contributed by atoms with Crippen LogP contribution in [0.1, 0.15) is 28.9 Å². The van der Waals surface area contributed by atoms with E-state index in [0.29, 0.717) is 11.7 Å². The zero-order valence-electron chi connectivity index (χ0n) is 17.2. The second-order valence-corrected chi connectivity index (χ2v) is 7.53. The van der Waals surface area contributed by atoms with Gasteiger partial charge in [-0.1, -0.05) is 30.3 Å². The molecule has 8 nitrogen and oxygen atoms in total. The number of nitrogen functional groups attached to an aromatic ring is 1. The molecule has 1 aliphatic rings. The van der Waals surface area contributed by atoms with E-state index < -0.39 is 5.91 Å². The van der Waals surface area contributed by atoms with Gasteiger partial charge >= 0.3 is 0 Å². The van der Waals surface area contributed by atoms with Gasteiger partial charge in [0.2, 0.25) is 0 Å². The second-order valence-electron chi connectivity index (χ2n) is 7.53. The molecule has 1 amide bonds. The Morgan fingerprint density at radius 2 is 2.06 bits per heavy atom. The van der Waals surface area contributed by atoms with E-state index in [2.05, 4.69) is 42.6 Å². The molecule has 1 saturated heterocycles. The van der Waals surface area contributed by atoms with E-state index in [1.54, 1.807) is 12.4 Å². The highest BCUT2D eigenvalue weighted by Gasteiger charge is 2.23. The number of nitrogens with two attached hydrogens (primary N) is 1. The fourth-order valence-corrected chi connectivity index (χ4v) is 3.74. The van der Waals surface area contributed by atoms with Crippen LogP contribution in [-0.4, -0.2) is 47.8 Å². The summed E-state index contributed by atoms with van der Waals surface area (Å²) in [6, 6.07) is 12.6. The summed E-state index contributed by atoms with van der Waals surface area (Å²) in [6.45, 7) is 2.56. The lowest BCUT2D eigenvalue weighted by Gasteiger charge is -2.35. The summed E-state index contributed by atoms with van der Waals surface area (Å²) < 4.78 is 0. The van der Waals surface area contributed by atoms with Gasteiger partial charge in [-0.2, -0.15) is 0 Å². The van der Waals surface area contributed by atoms with Crippen molar-refractivity contribution in [3.8, 4) is 0 Å². The molecule has 1 aromatic carbocycles. The number of nitrogens with one attached hydrogen (secondary N) is 2. The van der Waals surface area contributed by atoms with Crippen LogP contribution in [0.15, 0.2) is 55.0 Å². The van der Waals surface area contributed by atoms with E-state index in [-0.39, 0.29) is 17.1 Å². The highest BCUT2D eigenvalue weighted by atomic mass is 16.1. The molecule has 1 atom stereocenters. The fraction of sp³-hybridized carbons (Fsp3) is 0.273. The standard InChI is InChI=1S/C22H24BN7O/c23-19-13-27-21(24)20(29-19)22(31)28-17-12-25-9-8-18(17)30-10-4-7-16(14-30)26-11-15-5-2-1-3-6-15/h1-3,5-6,8-9,12-13,16,26H,4,7,10-11,14H2,(H2,24,27)(H,28,31). The molecule has 0 aliphatic carbocycles. The molecule has 31 heavy (non-hydrogen) atoms. The number of aromatic nitrogens is 3. The SMILES string of the molecule is [B]c1cnc(N)c(C(=O)Nc2cnccc2N2CCCC(NCc3ccccc3)C2)n1. The van der Waals surface area contributed by atoms with Gasteiger partial charge < -0.3 is 21.3 Å². The van der Waals surface area contributed by atoms with Gasteiger partial charge in [0, 0.05) is 43.7 Å². The van der Waals surface area contributed by atoms with Crippen molar-refractivity contribution in [2.24, 2.45) is 0 Å². The number of carbonyl (C=O) groups is 1. The number of hydrogen-bond acceptors (Lipinski definition) is 7. The van der Waals surface area contributed by atoms with Crippen LogP contribution >= 0.6 is 0 Å². The highest BCUT2D eigenvalue weighted by molar-refractivity contribution is 6.30. The maximum Gasteiger partial charge on any atom is 0.278 e. The predicted molar refractivity (Wildman–Crippen MR) is 123 cm³/mol. The number of amides is 1. The smallest absolute Gasteiger partial charge is 0.278 e. The normalized spacial score (nSPS) is 16.1. The first kappa shape index (κ1) is 20.8. The summed E-state index contributed by atoms with van der Waals surface area (Å²) in [4.78, 5) is 27.1. The molecule has 3 heterocycles. The highest BCUT2D eigenvalue weighted by Crippen LogP contribution is 2.28. The van der Waals surface area contributed by atoms with Gasteiger partial charge in [0.25, 0.3) is 5.91 Å². The van der Waals surface area contributed by atoms with E-state index in [1.165, 1.54) is 11.8 Å². The Hall–Kier alpha value is -3.46. The molecule has 1 fully saturated rings. The monoisotopic (exact) mass is 413 g/mol. The number of piperidine rings is 1. The van der Waals surface area contributed by atoms with Crippen LogP contribution in [-0.2, 0) is 6.54 Å². The molecule has 4 rings (SSSR count). The number of rotatable bonds is 6. The van der Waals surface area contributed by atoms with Crippen LogP contribution in [0.25, 0.3) is 0 Å². The van der Waals surface area contributed by atoms with Crippen molar-refractivity contribution in [2.45, 2.75) is 25.4 Å². The van der Waals surface area contributed by atoms with Gasteiger partial charge in [-0.15, -0.1) is 0 Å². The average Bonchev–Trinajstić information content (AvgIpc) is 2.80. The Labute approximate surface area is 182 Å². The van der Waals surface area contributed by atoms with Crippen LogP contribution in [0.3, 0.4) is 0 Å². The van der Waals surface area contributed by atoms with Gasteiger partial charge in [-0.3, -0.25) is 14.8 Å². The quantitative estimate of drug-likeness (QED) is 0.522. The summed E-state index contributed by atoms with van der Waals surface area (Å²) in [5.74, 6) is -0.442. The van der Waals surface area contributed by atoms with Gasteiger partial charge in [-0.25, -0.2) is 4.98 Å². The molecule has 156 valence electrons. The molecule has 3 aromatic rings. The topological polar surface area (TPSA) is 109 Å². The summed E-state index contributed by atoms with van der Waals surface area (Å²) >= 11 is 0. The van der Waals surface area contributed by atoms with E-state index in [1.807, 2.05) is 24.3 Å². The van der Waals surface area contributed by atoms with Crippen LogP contribution in [0.4, 0.5) is 17.2 Å². The zero-order valence-corrected chi connectivity index (χ0v) is 17.2. The van der Waals surface area contributed by atoms with Gasteiger partial charge in [0.1, 0.15) is 7.85 Å². The summed E-state index contributed by atoms with van der Waals surface area (Å²) in [5, 5.41) is 6.51. The third-order valence-corrected chi connectivity index (χ3v) is 5.28. The van der Waals surface area contributed by atoms with E-state index in [0.717, 1.165) is 38.2 Å². The van der Waals surface area contributed by atoms with E-state index in [4.69, 9.17) is 13.6 Å². The largest absolute Gasteiger partial charge is 0.382 e. The van der Waals surface area contributed by atoms with E-state index >= 15 is 0 Å². The molecule has 1 aliphatic heterocycles. The Morgan fingerprint density at radius 3 is 2.90 bits per heavy atom. The van der Waals surface area contributed by atoms with Crippen LogP contribution in [0, 0.1) is 0 Å². The van der Waals surface area contributed by atoms with Gasteiger partial charge in [-0.05, 0) is 24.5 Å². The minimum Gasteiger partial charge on any atom is -0.382 e. The molecule has 2 radical (unpaired) electrons. The number of pyridine rings is 1. The predicted octanol–water partition coefficient (Wildman–Crippen LogP) is 1.26. The molecule has 0 bridgehead atoms. The maximum atomic E-state index is 12.7. The number of anilines is 3. The van der Waals surface area contributed by atoms with Crippen LogP contribution in [0.5, 0.6) is 0 Å². The number of benzene rings is 1. The Morgan fingerprint density at radius 1 is 1.23 bits per heavy atom. The molecular weight excluding hydrogens is 389 g/mol. The maximum absolute atomic E-state index is 12.7. The molecule has 4 N–H and O–H groups in total. The molecule has 2 aromatic heterocycles. The lowest BCUT2D eigenvalue weighted by Crippen LogP contribution is -2.45. The van der Waals surface area contributed by atoms with Gasteiger partial charge in [0.05, 0.1) is 17.6 Å². The molecule has 9 heteroatoms. The minimum atomic E-state index is -0.470. The van der Waals surface area contributed by atoms with Crippen molar-refractivity contribution in [3.63, 3.8) is 0 Å². The first-order valence-electron chi connectivity index (χ1n) is 10.3. The Kier molecular flexibility index (Phi) is 6.42. The molecular formula is C22H24BN7O. The Bertz CT molecular complexity index is 1050. The fourth-order valence-electron chi connectivity index (χ4n) is 3.74. The van der Waals surface area contributed by atoms with Crippen molar-refractivity contribution in [3.05, 3.63) is 66.2 Å². The van der Waals surface area contributed by atoms with Crippen molar-refractivity contribution in [2.75, 3.05) is 29.0 Å². The summed E-state index contributed by atoms with van der Waals surface area (Å²) in [7, 11) is 5.65.